The lowest BCUT2D eigenvalue weighted by atomic mass is 10.4. The van der Waals surface area contributed by atoms with E-state index in [2.05, 4.69) is 24.6 Å². The van der Waals surface area contributed by atoms with Gasteiger partial charge in [0.15, 0.2) is 0 Å². The van der Waals surface area contributed by atoms with Crippen molar-refractivity contribution in [2.24, 2.45) is 11.5 Å². The number of hydrogen-bond acceptors (Lipinski definition) is 5. The average molecular weight is 244 g/mol. The Bertz CT molecular complexity index is 290. The molecule has 0 saturated carbocycles. The molecule has 0 rings (SSSR count). The molecule has 0 aromatic heterocycles. The van der Waals surface area contributed by atoms with Gasteiger partial charge in [0.25, 0.3) is 0 Å². The highest BCUT2D eigenvalue weighted by Gasteiger charge is 2.10. The van der Waals surface area contributed by atoms with E-state index in [1.54, 1.807) is 12.2 Å². The minimum Gasteiger partial charge on any atom is -0.305 e. The van der Waals surface area contributed by atoms with E-state index in [-0.39, 0.29) is 0 Å². The summed E-state index contributed by atoms with van der Waals surface area (Å²) in [5.41, 5.74) is 16.0. The SMILES string of the molecule is C=C=CCC(N)O[PH](=O)OC(N)CC=C=C. The maximum absolute atomic E-state index is 11.3. The van der Waals surface area contributed by atoms with Crippen molar-refractivity contribution in [3.63, 3.8) is 0 Å². The van der Waals surface area contributed by atoms with Crippen molar-refractivity contribution in [2.75, 3.05) is 0 Å². The van der Waals surface area contributed by atoms with Gasteiger partial charge in [0.05, 0.1) is 0 Å². The lowest BCUT2D eigenvalue weighted by Crippen LogP contribution is -2.23. The van der Waals surface area contributed by atoms with Gasteiger partial charge in [-0.25, -0.2) is 0 Å². The highest BCUT2D eigenvalue weighted by Crippen LogP contribution is 2.27. The summed E-state index contributed by atoms with van der Waals surface area (Å²) in [5.74, 6) is 0. The van der Waals surface area contributed by atoms with Crippen molar-refractivity contribution in [3.05, 3.63) is 36.8 Å². The van der Waals surface area contributed by atoms with E-state index in [1.807, 2.05) is 0 Å². The molecule has 0 amide bonds. The molecule has 6 heteroatoms. The first kappa shape index (κ1) is 15.1. The molecule has 16 heavy (non-hydrogen) atoms. The number of hydrogen-bond donors (Lipinski definition) is 2. The fourth-order valence-corrected chi connectivity index (χ4v) is 1.51. The standard InChI is InChI=1S/C10H17N2O3P/c1-3-5-7-9(11)14-16(13)15-10(12)8-6-4-2/h5-6,9-10,16H,1-2,7-8,11-12H2. The van der Waals surface area contributed by atoms with E-state index >= 15 is 0 Å². The third-order valence-electron chi connectivity index (χ3n) is 1.48. The second-order valence-electron chi connectivity index (χ2n) is 2.85. The van der Waals surface area contributed by atoms with E-state index in [4.69, 9.17) is 20.5 Å². The molecule has 0 heterocycles. The summed E-state index contributed by atoms with van der Waals surface area (Å²) < 4.78 is 21.0. The van der Waals surface area contributed by atoms with Gasteiger partial charge in [0.1, 0.15) is 12.5 Å². The summed E-state index contributed by atoms with van der Waals surface area (Å²) in [5, 5.41) is 0. The molecule has 0 aliphatic heterocycles. The third-order valence-corrected chi connectivity index (χ3v) is 2.47. The van der Waals surface area contributed by atoms with Crippen LogP contribution < -0.4 is 11.5 Å². The zero-order valence-electron chi connectivity index (χ0n) is 9.02. The Morgan fingerprint density at radius 3 is 1.81 bits per heavy atom. The molecule has 0 aromatic rings. The number of rotatable bonds is 8. The Morgan fingerprint density at radius 2 is 1.50 bits per heavy atom. The van der Waals surface area contributed by atoms with Crippen LogP contribution in [0.5, 0.6) is 0 Å². The molecule has 90 valence electrons. The quantitative estimate of drug-likeness (QED) is 0.383. The Labute approximate surface area is 96.1 Å². The summed E-state index contributed by atoms with van der Waals surface area (Å²) in [6, 6.07) is 0. The van der Waals surface area contributed by atoms with Gasteiger partial charge >= 0.3 is 8.25 Å². The second-order valence-corrected chi connectivity index (χ2v) is 3.82. The van der Waals surface area contributed by atoms with Gasteiger partial charge in [-0.2, -0.15) is 0 Å². The molecule has 4 N–H and O–H groups in total. The van der Waals surface area contributed by atoms with Gasteiger partial charge in [0, 0.05) is 12.8 Å². The first-order valence-electron chi connectivity index (χ1n) is 4.67. The first-order chi connectivity index (χ1) is 7.60. The summed E-state index contributed by atoms with van der Waals surface area (Å²) in [6.07, 6.45) is 2.49. The first-order valence-corrected chi connectivity index (χ1v) is 5.89. The third kappa shape index (κ3) is 8.42. The maximum Gasteiger partial charge on any atom is 0.322 e. The highest BCUT2D eigenvalue weighted by molar-refractivity contribution is 7.33. The van der Waals surface area contributed by atoms with Gasteiger partial charge in [-0.05, 0) is 12.2 Å². The van der Waals surface area contributed by atoms with Crippen molar-refractivity contribution < 1.29 is 13.6 Å². The Kier molecular flexibility index (Phi) is 8.82. The molecule has 0 spiro atoms. The van der Waals surface area contributed by atoms with Crippen LogP contribution in [0.4, 0.5) is 0 Å². The fraction of sp³-hybridized carbons (Fsp3) is 0.400. The smallest absolute Gasteiger partial charge is 0.305 e. The Balaban J connectivity index is 3.88. The van der Waals surface area contributed by atoms with E-state index in [0.29, 0.717) is 12.8 Å². The van der Waals surface area contributed by atoms with Gasteiger partial charge in [-0.15, -0.1) is 11.5 Å². The van der Waals surface area contributed by atoms with Crippen LogP contribution in [0.25, 0.3) is 0 Å². The molecular weight excluding hydrogens is 227 g/mol. The molecule has 0 bridgehead atoms. The van der Waals surface area contributed by atoms with Crippen molar-refractivity contribution in [2.45, 2.75) is 25.3 Å². The summed E-state index contributed by atoms with van der Waals surface area (Å²) in [7, 11) is -2.68. The second kappa shape index (κ2) is 9.34. The molecule has 0 aliphatic rings. The molecule has 5 nitrogen and oxygen atoms in total. The van der Waals surface area contributed by atoms with Crippen molar-refractivity contribution in [3.8, 4) is 0 Å². The van der Waals surface area contributed by atoms with Crippen LogP contribution in [-0.4, -0.2) is 12.5 Å². The van der Waals surface area contributed by atoms with E-state index in [9.17, 15) is 4.57 Å². The van der Waals surface area contributed by atoms with Crippen LogP contribution in [-0.2, 0) is 13.6 Å². The van der Waals surface area contributed by atoms with Crippen molar-refractivity contribution in [1.82, 2.24) is 0 Å². The molecule has 2 unspecified atom stereocenters. The summed E-state index contributed by atoms with van der Waals surface area (Å²) in [6.45, 7) is 6.73. The van der Waals surface area contributed by atoms with Crippen LogP contribution >= 0.6 is 8.25 Å². The van der Waals surface area contributed by atoms with Crippen molar-refractivity contribution >= 4 is 8.25 Å². The van der Waals surface area contributed by atoms with Crippen molar-refractivity contribution in [1.29, 1.82) is 0 Å². The summed E-state index contributed by atoms with van der Waals surface area (Å²) in [4.78, 5) is 0. The molecule has 0 saturated heterocycles. The zero-order chi connectivity index (χ0) is 12.4. The fourth-order valence-electron chi connectivity index (χ4n) is 0.770. The zero-order valence-corrected chi connectivity index (χ0v) is 10.0. The van der Waals surface area contributed by atoms with Gasteiger partial charge < -0.3 is 11.5 Å². The maximum atomic E-state index is 11.3. The van der Waals surface area contributed by atoms with Gasteiger partial charge in [-0.3, -0.25) is 13.6 Å². The van der Waals surface area contributed by atoms with Crippen LogP contribution in [0.2, 0.25) is 0 Å². The lowest BCUT2D eigenvalue weighted by Gasteiger charge is -2.13. The monoisotopic (exact) mass is 244 g/mol. The predicted molar refractivity (Wildman–Crippen MR) is 63.8 cm³/mol. The highest BCUT2D eigenvalue weighted by atomic mass is 31.1. The minimum absolute atomic E-state index is 0.366. The van der Waals surface area contributed by atoms with Crippen LogP contribution in [0.1, 0.15) is 12.8 Å². The molecule has 0 fully saturated rings. The van der Waals surface area contributed by atoms with E-state index < -0.39 is 20.7 Å². The van der Waals surface area contributed by atoms with Crippen LogP contribution in [0.15, 0.2) is 36.8 Å². The largest absolute Gasteiger partial charge is 0.322 e. The molecule has 2 atom stereocenters. The molecular formula is C10H17N2O3P. The average Bonchev–Trinajstić information content (AvgIpc) is 2.23. The minimum atomic E-state index is -2.68. The van der Waals surface area contributed by atoms with Gasteiger partial charge in [0.2, 0.25) is 0 Å². The topological polar surface area (TPSA) is 87.6 Å². The number of nitrogens with two attached hydrogens (primary N) is 2. The molecule has 0 aromatic carbocycles. The van der Waals surface area contributed by atoms with E-state index in [1.165, 1.54) is 0 Å². The molecule has 0 radical (unpaired) electrons. The van der Waals surface area contributed by atoms with Gasteiger partial charge in [-0.1, -0.05) is 13.2 Å². The normalized spacial score (nSPS) is 15.4. The predicted octanol–water partition coefficient (Wildman–Crippen LogP) is 1.44. The van der Waals surface area contributed by atoms with Crippen LogP contribution in [0, 0.1) is 0 Å². The lowest BCUT2D eigenvalue weighted by molar-refractivity contribution is 0.137. The van der Waals surface area contributed by atoms with E-state index in [0.717, 1.165) is 0 Å². The molecule has 0 aliphatic carbocycles. The summed E-state index contributed by atoms with van der Waals surface area (Å²) >= 11 is 0. The van der Waals surface area contributed by atoms with Crippen LogP contribution in [0.3, 0.4) is 0 Å². The Hall–Kier alpha value is -0.890. The Morgan fingerprint density at radius 1 is 1.12 bits per heavy atom.